The van der Waals surface area contributed by atoms with E-state index in [0.29, 0.717) is 21.6 Å². The largest absolute Gasteiger partial charge is 0.282 e. The highest BCUT2D eigenvalue weighted by Gasteiger charge is 2.15. The number of rotatable bonds is 3. The molecule has 0 fully saturated rings. The number of nitrogens with zero attached hydrogens (tertiary/aromatic N) is 2. The van der Waals surface area contributed by atoms with Crippen LogP contribution in [0.4, 0.5) is 11.4 Å². The van der Waals surface area contributed by atoms with Crippen LogP contribution in [0.1, 0.15) is 16.7 Å². The normalized spacial score (nSPS) is 11.5. The molecule has 3 aromatic rings. The number of aliphatic imine (C=N–C) groups is 1. The second-order valence-electron chi connectivity index (χ2n) is 6.02. The molecule has 26 heavy (non-hydrogen) atoms. The predicted molar refractivity (Wildman–Crippen MR) is 109 cm³/mol. The fourth-order valence-corrected chi connectivity index (χ4v) is 2.85. The first-order valence-corrected chi connectivity index (χ1v) is 8.86. The maximum atomic E-state index is 10.8. The van der Waals surface area contributed by atoms with E-state index in [1.54, 1.807) is 30.3 Å². The van der Waals surface area contributed by atoms with Crippen molar-refractivity contribution in [2.75, 3.05) is 5.06 Å². The van der Waals surface area contributed by atoms with E-state index in [-0.39, 0.29) is 0 Å². The number of halogens is 2. The first kappa shape index (κ1) is 18.5. The molecule has 0 unspecified atom stereocenters. The molecule has 0 atom stereocenters. The van der Waals surface area contributed by atoms with Gasteiger partial charge in [-0.2, -0.15) is 0 Å². The summed E-state index contributed by atoms with van der Waals surface area (Å²) in [6.07, 6.45) is 0. The highest BCUT2D eigenvalue weighted by Crippen LogP contribution is 2.26. The fourth-order valence-electron chi connectivity index (χ4n) is 2.50. The zero-order valence-electron chi connectivity index (χ0n) is 14.4. The molecule has 3 rings (SSSR count). The van der Waals surface area contributed by atoms with Crippen molar-refractivity contribution in [3.63, 3.8) is 0 Å². The lowest BCUT2D eigenvalue weighted by Gasteiger charge is -2.20. The zero-order valence-corrected chi connectivity index (χ0v) is 16.0. The molecule has 0 saturated heterocycles. The molecule has 0 spiro atoms. The van der Waals surface area contributed by atoms with Gasteiger partial charge in [-0.25, -0.2) is 10.1 Å². The van der Waals surface area contributed by atoms with Crippen molar-refractivity contribution in [3.05, 3.63) is 93.5 Å². The number of hydroxylamine groups is 1. The SMILES string of the molecule is Cc1ccc(C(=Nc2ccc(Cl)cc2C)N(O)c2ccc(Cl)cc2)cc1. The van der Waals surface area contributed by atoms with Crippen molar-refractivity contribution in [1.82, 2.24) is 0 Å². The van der Waals surface area contributed by atoms with Gasteiger partial charge < -0.3 is 0 Å². The summed E-state index contributed by atoms with van der Waals surface area (Å²) in [5, 5.41) is 13.1. The van der Waals surface area contributed by atoms with Crippen LogP contribution in [0.3, 0.4) is 0 Å². The van der Waals surface area contributed by atoms with Crippen molar-refractivity contribution in [2.45, 2.75) is 13.8 Å². The lowest BCUT2D eigenvalue weighted by atomic mass is 10.1. The van der Waals surface area contributed by atoms with E-state index in [2.05, 4.69) is 0 Å². The lowest BCUT2D eigenvalue weighted by Crippen LogP contribution is -2.28. The third-order valence-corrected chi connectivity index (χ3v) is 4.45. The maximum Gasteiger partial charge on any atom is 0.165 e. The third-order valence-electron chi connectivity index (χ3n) is 3.97. The molecular weight excluding hydrogens is 367 g/mol. The molecule has 5 heteroatoms. The second kappa shape index (κ2) is 7.92. The Kier molecular flexibility index (Phi) is 5.62. The summed E-state index contributed by atoms with van der Waals surface area (Å²) in [5.74, 6) is 0.415. The molecule has 0 saturated carbocycles. The van der Waals surface area contributed by atoms with E-state index in [0.717, 1.165) is 27.4 Å². The highest BCUT2D eigenvalue weighted by atomic mass is 35.5. The van der Waals surface area contributed by atoms with Crippen LogP contribution in [0.2, 0.25) is 10.0 Å². The van der Waals surface area contributed by atoms with Crippen LogP contribution < -0.4 is 5.06 Å². The molecule has 0 amide bonds. The molecule has 3 nitrogen and oxygen atoms in total. The first-order valence-electron chi connectivity index (χ1n) is 8.10. The number of anilines is 1. The van der Waals surface area contributed by atoms with Crippen molar-refractivity contribution in [1.29, 1.82) is 0 Å². The second-order valence-corrected chi connectivity index (χ2v) is 6.89. The lowest BCUT2D eigenvalue weighted by molar-refractivity contribution is 0.313. The molecule has 132 valence electrons. The predicted octanol–water partition coefficient (Wildman–Crippen LogP) is 6.58. The van der Waals surface area contributed by atoms with Crippen LogP contribution in [0.5, 0.6) is 0 Å². The van der Waals surface area contributed by atoms with Crippen LogP contribution in [0.15, 0.2) is 71.7 Å². The van der Waals surface area contributed by atoms with Gasteiger partial charge in [-0.3, -0.25) is 5.21 Å². The average Bonchev–Trinajstić information content (AvgIpc) is 2.62. The summed E-state index contributed by atoms with van der Waals surface area (Å²) >= 11 is 12.0. The van der Waals surface area contributed by atoms with E-state index >= 15 is 0 Å². The van der Waals surface area contributed by atoms with E-state index in [9.17, 15) is 5.21 Å². The minimum atomic E-state index is 0.415. The summed E-state index contributed by atoms with van der Waals surface area (Å²) < 4.78 is 0. The van der Waals surface area contributed by atoms with Crippen LogP contribution in [-0.4, -0.2) is 11.0 Å². The molecule has 0 aliphatic rings. The fraction of sp³-hybridized carbons (Fsp3) is 0.0952. The molecule has 3 aromatic carbocycles. The Bertz CT molecular complexity index is 935. The molecule has 0 aliphatic carbocycles. The monoisotopic (exact) mass is 384 g/mol. The van der Waals surface area contributed by atoms with E-state index < -0.39 is 0 Å². The van der Waals surface area contributed by atoms with Gasteiger partial charge in [0.15, 0.2) is 5.84 Å². The number of benzene rings is 3. The van der Waals surface area contributed by atoms with Gasteiger partial charge in [0.1, 0.15) is 0 Å². The van der Waals surface area contributed by atoms with Crippen LogP contribution in [0.25, 0.3) is 0 Å². The third kappa shape index (κ3) is 4.25. The summed E-state index contributed by atoms with van der Waals surface area (Å²) in [4.78, 5) is 4.70. The number of hydrogen-bond acceptors (Lipinski definition) is 2. The summed E-state index contributed by atoms with van der Waals surface area (Å²) in [6.45, 7) is 3.95. The Morgan fingerprint density at radius 3 is 2.08 bits per heavy atom. The van der Waals surface area contributed by atoms with Gasteiger partial charge in [-0.05, 0) is 61.9 Å². The number of aryl methyl sites for hydroxylation is 2. The first-order chi connectivity index (χ1) is 12.4. The minimum absolute atomic E-state index is 0.415. The van der Waals surface area contributed by atoms with Crippen LogP contribution in [-0.2, 0) is 0 Å². The standard InChI is InChI=1S/C21H18Cl2N2O/c1-14-3-5-16(6-4-14)21(24-20-12-9-18(23)13-15(20)2)25(26)19-10-7-17(22)8-11-19/h3-13,26H,1-2H3. The summed E-state index contributed by atoms with van der Waals surface area (Å²) in [7, 11) is 0. The number of amidine groups is 1. The molecule has 0 aromatic heterocycles. The average molecular weight is 385 g/mol. The Hall–Kier alpha value is -2.33. The van der Waals surface area contributed by atoms with Gasteiger partial charge in [0.05, 0.1) is 11.4 Å². The Balaban J connectivity index is 2.10. The van der Waals surface area contributed by atoms with E-state index in [1.807, 2.05) is 50.2 Å². The molecule has 1 N–H and O–H groups in total. The molecular formula is C21H18Cl2N2O. The van der Waals surface area contributed by atoms with Gasteiger partial charge >= 0.3 is 0 Å². The van der Waals surface area contributed by atoms with Gasteiger partial charge in [0.25, 0.3) is 0 Å². The van der Waals surface area contributed by atoms with Gasteiger partial charge in [0, 0.05) is 15.6 Å². The highest BCUT2D eigenvalue weighted by molar-refractivity contribution is 6.31. The topological polar surface area (TPSA) is 35.8 Å². The van der Waals surface area contributed by atoms with Crippen LogP contribution in [0, 0.1) is 13.8 Å². The van der Waals surface area contributed by atoms with Gasteiger partial charge in [-0.1, -0.05) is 53.0 Å². The summed E-state index contributed by atoms with van der Waals surface area (Å²) in [5.41, 5.74) is 4.15. The molecule has 0 aliphatic heterocycles. The molecule has 0 heterocycles. The van der Waals surface area contributed by atoms with E-state index in [4.69, 9.17) is 28.2 Å². The molecule has 0 bridgehead atoms. The summed E-state index contributed by atoms with van der Waals surface area (Å²) in [6, 6.07) is 20.2. The Morgan fingerprint density at radius 1 is 0.846 bits per heavy atom. The smallest absolute Gasteiger partial charge is 0.165 e. The zero-order chi connectivity index (χ0) is 18.7. The Labute approximate surface area is 163 Å². The van der Waals surface area contributed by atoms with Crippen molar-refractivity contribution in [2.24, 2.45) is 4.99 Å². The van der Waals surface area contributed by atoms with Gasteiger partial charge in [-0.15, -0.1) is 0 Å². The number of hydrogen-bond donors (Lipinski definition) is 1. The Morgan fingerprint density at radius 2 is 1.46 bits per heavy atom. The van der Waals surface area contributed by atoms with Crippen molar-refractivity contribution < 1.29 is 5.21 Å². The van der Waals surface area contributed by atoms with Gasteiger partial charge in [0.2, 0.25) is 0 Å². The minimum Gasteiger partial charge on any atom is -0.282 e. The van der Waals surface area contributed by atoms with Crippen molar-refractivity contribution in [3.8, 4) is 0 Å². The van der Waals surface area contributed by atoms with Crippen molar-refractivity contribution >= 4 is 40.4 Å². The quantitative estimate of drug-likeness (QED) is 0.314. The maximum absolute atomic E-state index is 10.8. The van der Waals surface area contributed by atoms with Crippen LogP contribution >= 0.6 is 23.2 Å². The molecule has 0 radical (unpaired) electrons. The van der Waals surface area contributed by atoms with E-state index in [1.165, 1.54) is 0 Å².